The van der Waals surface area contributed by atoms with Crippen LogP contribution in [0.4, 0.5) is 10.5 Å². The minimum atomic E-state index is -0.892. The van der Waals surface area contributed by atoms with Crippen molar-refractivity contribution in [2.45, 2.75) is 32.2 Å². The van der Waals surface area contributed by atoms with Gasteiger partial charge in [-0.2, -0.15) is 0 Å². The van der Waals surface area contributed by atoms with Crippen molar-refractivity contribution in [3.63, 3.8) is 0 Å². The number of amides is 1. The molecule has 2 heterocycles. The van der Waals surface area contributed by atoms with Gasteiger partial charge in [-0.3, -0.25) is 4.98 Å². The van der Waals surface area contributed by atoms with E-state index < -0.39 is 6.09 Å². The Kier molecular flexibility index (Phi) is 7.13. The van der Waals surface area contributed by atoms with E-state index in [9.17, 15) is 9.90 Å². The van der Waals surface area contributed by atoms with Crippen LogP contribution in [0.25, 0.3) is 11.1 Å². The van der Waals surface area contributed by atoms with Gasteiger partial charge in [0.2, 0.25) is 0 Å². The van der Waals surface area contributed by atoms with Crippen LogP contribution in [0.5, 0.6) is 0 Å². The molecule has 3 aromatic rings. The number of fused-ring (bicyclic) bond motifs is 1. The number of nitrogens with zero attached hydrogens (tertiary/aromatic N) is 3. The Labute approximate surface area is 218 Å². The fraction of sp³-hybridized carbons (Fsp3) is 0.308. The molecular weight excluding hydrogens is 537 g/mol. The van der Waals surface area contributed by atoms with Crippen LogP contribution in [0.1, 0.15) is 30.7 Å². The van der Waals surface area contributed by atoms with E-state index in [-0.39, 0.29) is 5.41 Å². The number of aromatic nitrogens is 1. The molecule has 1 aliphatic heterocycles. The summed E-state index contributed by atoms with van der Waals surface area (Å²) in [4.78, 5) is 19.7. The van der Waals surface area contributed by atoms with Crippen molar-refractivity contribution >= 4 is 50.9 Å². The molecule has 0 fully saturated rings. The van der Waals surface area contributed by atoms with Gasteiger partial charge in [0.15, 0.2) is 0 Å². The molecular formula is C26H26BrCl2N3O2. The largest absolute Gasteiger partial charge is 0.465 e. The van der Waals surface area contributed by atoms with E-state index in [1.54, 1.807) is 6.20 Å². The van der Waals surface area contributed by atoms with Crippen molar-refractivity contribution in [3.05, 3.63) is 80.0 Å². The molecule has 1 amide bonds. The number of hydrogen-bond acceptors (Lipinski definition) is 3. The Morgan fingerprint density at radius 3 is 2.59 bits per heavy atom. The first-order valence-electron chi connectivity index (χ1n) is 11.0. The first kappa shape index (κ1) is 24.8. The summed E-state index contributed by atoms with van der Waals surface area (Å²) < 4.78 is 0.817. The Morgan fingerprint density at radius 1 is 1.12 bits per heavy atom. The highest BCUT2D eigenvalue weighted by Gasteiger charge is 2.27. The number of rotatable bonds is 4. The van der Waals surface area contributed by atoms with Gasteiger partial charge in [-0.05, 0) is 50.7 Å². The SMILES string of the molecule is CN1CCN(C(=O)O)Cc2ccc(C(C)(C)Cc3nccc(-c4cccc(Br)c4Cl)c3Cl)cc21. The lowest BCUT2D eigenvalue weighted by Gasteiger charge is -2.28. The minimum absolute atomic E-state index is 0.259. The van der Waals surface area contributed by atoms with Gasteiger partial charge in [0.1, 0.15) is 0 Å². The molecule has 1 aromatic heterocycles. The highest BCUT2D eigenvalue weighted by molar-refractivity contribution is 9.10. The second-order valence-corrected chi connectivity index (χ2v) is 10.9. The standard InChI is InChI=1S/C26H26BrCl2N3O2/c1-26(2,17-8-7-16-15-32(25(33)34)12-11-31(3)22(16)13-17)14-21-24(29)19(9-10-30-21)18-5-4-6-20(27)23(18)28/h4-10,13H,11-12,14-15H2,1-3H3,(H,33,34). The van der Waals surface area contributed by atoms with Gasteiger partial charge in [-0.25, -0.2) is 4.79 Å². The van der Waals surface area contributed by atoms with Gasteiger partial charge >= 0.3 is 6.09 Å². The summed E-state index contributed by atoms with van der Waals surface area (Å²) in [6, 6.07) is 14.0. The van der Waals surface area contributed by atoms with Crippen LogP contribution in [0.15, 0.2) is 53.1 Å². The first-order chi connectivity index (χ1) is 16.1. The minimum Gasteiger partial charge on any atom is -0.465 e. The highest BCUT2D eigenvalue weighted by Crippen LogP contribution is 2.40. The molecule has 1 N–H and O–H groups in total. The smallest absolute Gasteiger partial charge is 0.407 e. The van der Waals surface area contributed by atoms with Crippen LogP contribution in [0, 0.1) is 0 Å². The molecule has 0 saturated carbocycles. The van der Waals surface area contributed by atoms with E-state index >= 15 is 0 Å². The fourth-order valence-corrected chi connectivity index (χ4v) is 5.24. The van der Waals surface area contributed by atoms with Crippen LogP contribution >= 0.6 is 39.1 Å². The summed E-state index contributed by atoms with van der Waals surface area (Å²) in [7, 11) is 2.00. The van der Waals surface area contributed by atoms with Crippen molar-refractivity contribution < 1.29 is 9.90 Å². The van der Waals surface area contributed by atoms with Crippen LogP contribution in [0.3, 0.4) is 0 Å². The zero-order valence-corrected chi connectivity index (χ0v) is 22.4. The number of carbonyl (C=O) groups is 1. The zero-order valence-electron chi connectivity index (χ0n) is 19.3. The number of pyridine rings is 1. The molecule has 1 aliphatic rings. The molecule has 0 atom stereocenters. The van der Waals surface area contributed by atoms with Crippen LogP contribution in [-0.2, 0) is 18.4 Å². The molecule has 34 heavy (non-hydrogen) atoms. The Morgan fingerprint density at radius 2 is 1.85 bits per heavy atom. The summed E-state index contributed by atoms with van der Waals surface area (Å²) >= 11 is 16.9. The lowest BCUT2D eigenvalue weighted by molar-refractivity contribution is 0.144. The van der Waals surface area contributed by atoms with Gasteiger partial charge in [0.05, 0.1) is 22.3 Å². The van der Waals surface area contributed by atoms with Crippen LogP contribution in [0.2, 0.25) is 10.0 Å². The summed E-state index contributed by atoms with van der Waals surface area (Å²) in [5, 5.41) is 10.7. The number of likely N-dealkylation sites (N-methyl/N-ethyl adjacent to an activating group) is 1. The average Bonchev–Trinajstić information content (AvgIpc) is 2.96. The second-order valence-electron chi connectivity index (χ2n) is 9.25. The number of carboxylic acid groups (broad SMARTS) is 1. The van der Waals surface area contributed by atoms with Gasteiger partial charge < -0.3 is 14.9 Å². The van der Waals surface area contributed by atoms with E-state index in [0.29, 0.717) is 36.1 Å². The van der Waals surface area contributed by atoms with Crippen LogP contribution < -0.4 is 4.90 Å². The molecule has 0 spiro atoms. The predicted molar refractivity (Wildman–Crippen MR) is 142 cm³/mol. The quantitative estimate of drug-likeness (QED) is 0.363. The van der Waals surface area contributed by atoms with Crippen LogP contribution in [-0.4, -0.2) is 41.2 Å². The van der Waals surface area contributed by atoms with Crippen molar-refractivity contribution in [3.8, 4) is 11.1 Å². The first-order valence-corrected chi connectivity index (χ1v) is 12.5. The third-order valence-corrected chi connectivity index (χ3v) is 8.15. The Bertz CT molecular complexity index is 1250. The highest BCUT2D eigenvalue weighted by atomic mass is 79.9. The maximum absolute atomic E-state index is 11.5. The predicted octanol–water partition coefficient (Wildman–Crippen LogP) is 7.27. The van der Waals surface area contributed by atoms with Gasteiger partial charge in [-0.15, -0.1) is 0 Å². The molecule has 0 aliphatic carbocycles. The second kappa shape index (κ2) is 9.76. The van der Waals surface area contributed by atoms with Crippen molar-refractivity contribution in [1.29, 1.82) is 0 Å². The lowest BCUT2D eigenvalue weighted by atomic mass is 9.79. The van der Waals surface area contributed by atoms with E-state index in [2.05, 4.69) is 51.8 Å². The summed E-state index contributed by atoms with van der Waals surface area (Å²) in [6.07, 6.45) is 1.52. The normalized spacial score (nSPS) is 14.1. The molecule has 2 aromatic carbocycles. The molecule has 5 nitrogen and oxygen atoms in total. The molecule has 0 radical (unpaired) electrons. The maximum Gasteiger partial charge on any atom is 0.407 e. The van der Waals surface area contributed by atoms with E-state index in [0.717, 1.165) is 38.1 Å². The number of hydrogen-bond donors (Lipinski definition) is 1. The van der Waals surface area contributed by atoms with E-state index in [1.165, 1.54) is 4.90 Å². The molecule has 178 valence electrons. The van der Waals surface area contributed by atoms with Crippen molar-refractivity contribution in [2.75, 3.05) is 25.0 Å². The topological polar surface area (TPSA) is 56.7 Å². The van der Waals surface area contributed by atoms with Gasteiger partial charge in [0.25, 0.3) is 0 Å². The summed E-state index contributed by atoms with van der Waals surface area (Å²) in [5.41, 5.74) is 5.46. The summed E-state index contributed by atoms with van der Waals surface area (Å²) in [5.74, 6) is 0. The van der Waals surface area contributed by atoms with Crippen molar-refractivity contribution in [2.24, 2.45) is 0 Å². The third-order valence-electron chi connectivity index (χ3n) is 6.43. The van der Waals surface area contributed by atoms with Crippen molar-refractivity contribution in [1.82, 2.24) is 9.88 Å². The fourth-order valence-electron chi connectivity index (χ4n) is 4.36. The summed E-state index contributed by atoms with van der Waals surface area (Å²) in [6.45, 7) is 5.85. The monoisotopic (exact) mass is 561 g/mol. The number of benzene rings is 2. The van der Waals surface area contributed by atoms with Gasteiger partial charge in [-0.1, -0.05) is 61.3 Å². The van der Waals surface area contributed by atoms with Gasteiger partial charge in [0, 0.05) is 54.0 Å². The third kappa shape index (κ3) is 4.90. The molecule has 0 saturated heterocycles. The molecule has 0 unspecified atom stereocenters. The molecule has 0 bridgehead atoms. The number of halogens is 3. The Hall–Kier alpha value is -2.28. The van der Waals surface area contributed by atoms with E-state index in [4.69, 9.17) is 23.2 Å². The maximum atomic E-state index is 11.5. The molecule has 4 rings (SSSR count). The lowest BCUT2D eigenvalue weighted by Crippen LogP contribution is -2.33. The van der Waals surface area contributed by atoms with E-state index in [1.807, 2.05) is 37.4 Å². The zero-order chi connectivity index (χ0) is 24.6. The average molecular weight is 563 g/mol. The number of anilines is 1. The Balaban J connectivity index is 1.67. The molecule has 8 heteroatoms.